The minimum absolute atomic E-state index is 0.298. The topological polar surface area (TPSA) is 48.5 Å². The average Bonchev–Trinajstić information content (AvgIpc) is 3.08. The molecule has 9 heteroatoms. The van der Waals surface area contributed by atoms with E-state index in [0.717, 1.165) is 37.5 Å². The second-order valence-corrected chi connectivity index (χ2v) is 6.47. The molecule has 0 radical (unpaired) electrons. The van der Waals surface area contributed by atoms with E-state index in [2.05, 4.69) is 15.2 Å². The van der Waals surface area contributed by atoms with E-state index in [0.29, 0.717) is 18.8 Å². The highest BCUT2D eigenvalue weighted by atomic mass is 32.1. The summed E-state index contributed by atoms with van der Waals surface area (Å²) in [5.74, 6) is 0. The molecule has 1 N–H and O–H groups in total. The summed E-state index contributed by atoms with van der Waals surface area (Å²) in [7, 11) is 0. The predicted octanol–water partition coefficient (Wildman–Crippen LogP) is 3.51. The SMILES string of the molecule is O=C(Nc1ccc(C(F)(F)F)cc1)N1CCN(Cc2cscn2)CC1. The van der Waals surface area contributed by atoms with Crippen LogP contribution in [0.2, 0.25) is 0 Å². The molecule has 25 heavy (non-hydrogen) atoms. The van der Waals surface area contributed by atoms with Crippen LogP contribution in [0.15, 0.2) is 35.2 Å². The maximum Gasteiger partial charge on any atom is 0.416 e. The molecule has 1 aromatic carbocycles. The first-order chi connectivity index (χ1) is 11.9. The Labute approximate surface area is 147 Å². The van der Waals surface area contributed by atoms with Gasteiger partial charge in [0, 0.05) is 43.8 Å². The summed E-state index contributed by atoms with van der Waals surface area (Å²) in [6.45, 7) is 3.36. The zero-order valence-electron chi connectivity index (χ0n) is 13.3. The summed E-state index contributed by atoms with van der Waals surface area (Å²) in [5, 5.41) is 4.64. The maximum atomic E-state index is 12.5. The number of hydrogen-bond donors (Lipinski definition) is 1. The number of amides is 2. The fourth-order valence-corrected chi connectivity index (χ4v) is 3.15. The van der Waals surface area contributed by atoms with E-state index in [9.17, 15) is 18.0 Å². The molecule has 0 saturated carbocycles. The van der Waals surface area contributed by atoms with Gasteiger partial charge < -0.3 is 10.2 Å². The number of carbonyl (C=O) groups excluding carboxylic acids is 1. The van der Waals surface area contributed by atoms with Gasteiger partial charge in [0.15, 0.2) is 0 Å². The Morgan fingerprint density at radius 2 is 1.84 bits per heavy atom. The molecule has 0 spiro atoms. The normalized spacial score (nSPS) is 16.0. The number of nitrogens with one attached hydrogen (secondary N) is 1. The van der Waals surface area contributed by atoms with Crippen molar-refractivity contribution in [3.05, 3.63) is 46.4 Å². The zero-order chi connectivity index (χ0) is 17.9. The van der Waals surface area contributed by atoms with Crippen LogP contribution in [0.25, 0.3) is 0 Å². The lowest BCUT2D eigenvalue weighted by atomic mass is 10.2. The lowest BCUT2D eigenvalue weighted by Gasteiger charge is -2.34. The van der Waals surface area contributed by atoms with Gasteiger partial charge in [-0.2, -0.15) is 13.2 Å². The largest absolute Gasteiger partial charge is 0.416 e. The number of rotatable bonds is 3. The number of nitrogens with zero attached hydrogens (tertiary/aromatic N) is 3. The van der Waals surface area contributed by atoms with Gasteiger partial charge in [-0.3, -0.25) is 4.90 Å². The molecule has 1 saturated heterocycles. The summed E-state index contributed by atoms with van der Waals surface area (Å²) < 4.78 is 37.6. The highest BCUT2D eigenvalue weighted by Gasteiger charge is 2.30. The zero-order valence-corrected chi connectivity index (χ0v) is 14.1. The molecule has 1 fully saturated rings. The quantitative estimate of drug-likeness (QED) is 0.900. The van der Waals surface area contributed by atoms with Gasteiger partial charge in [0.25, 0.3) is 0 Å². The Morgan fingerprint density at radius 1 is 1.16 bits per heavy atom. The van der Waals surface area contributed by atoms with E-state index < -0.39 is 11.7 Å². The number of urea groups is 1. The Bertz CT molecular complexity index is 695. The van der Waals surface area contributed by atoms with E-state index in [1.807, 2.05) is 5.38 Å². The number of aromatic nitrogens is 1. The standard InChI is InChI=1S/C16H17F3N4OS/c17-16(18,19)12-1-3-13(4-2-12)21-15(24)23-7-5-22(6-8-23)9-14-10-25-11-20-14/h1-4,10-11H,5-9H2,(H,21,24). The molecule has 134 valence electrons. The van der Waals surface area contributed by atoms with Crippen molar-refractivity contribution < 1.29 is 18.0 Å². The van der Waals surface area contributed by atoms with Gasteiger partial charge in [-0.25, -0.2) is 9.78 Å². The number of halogens is 3. The third-order valence-corrected chi connectivity index (χ3v) is 4.63. The summed E-state index contributed by atoms with van der Waals surface area (Å²) in [6, 6.07) is 4.15. The number of carbonyl (C=O) groups is 1. The first-order valence-electron chi connectivity index (χ1n) is 7.74. The second-order valence-electron chi connectivity index (χ2n) is 5.75. The van der Waals surface area contributed by atoms with Crippen molar-refractivity contribution in [3.63, 3.8) is 0 Å². The minimum Gasteiger partial charge on any atom is -0.322 e. The van der Waals surface area contributed by atoms with Gasteiger partial charge in [0.05, 0.1) is 16.8 Å². The van der Waals surface area contributed by atoms with Crippen molar-refractivity contribution in [1.82, 2.24) is 14.8 Å². The molecule has 3 rings (SSSR count). The third-order valence-electron chi connectivity index (χ3n) is 3.99. The van der Waals surface area contributed by atoms with Crippen LogP contribution in [0.3, 0.4) is 0 Å². The number of alkyl halides is 3. The van der Waals surface area contributed by atoms with Gasteiger partial charge in [-0.05, 0) is 24.3 Å². The molecule has 0 atom stereocenters. The van der Waals surface area contributed by atoms with Gasteiger partial charge in [-0.1, -0.05) is 0 Å². The summed E-state index contributed by atoms with van der Waals surface area (Å²) in [6.07, 6.45) is -4.38. The van der Waals surface area contributed by atoms with Crippen LogP contribution in [-0.4, -0.2) is 47.0 Å². The van der Waals surface area contributed by atoms with Crippen LogP contribution in [-0.2, 0) is 12.7 Å². The van der Waals surface area contributed by atoms with Crippen LogP contribution in [0.1, 0.15) is 11.3 Å². The van der Waals surface area contributed by atoms with E-state index in [1.165, 1.54) is 12.1 Å². The molecule has 1 aliphatic rings. The van der Waals surface area contributed by atoms with Crippen molar-refractivity contribution >= 4 is 23.1 Å². The average molecular weight is 370 g/mol. The van der Waals surface area contributed by atoms with Crippen molar-refractivity contribution in [2.24, 2.45) is 0 Å². The molecule has 0 bridgehead atoms. The lowest BCUT2D eigenvalue weighted by molar-refractivity contribution is -0.137. The monoisotopic (exact) mass is 370 g/mol. The van der Waals surface area contributed by atoms with Gasteiger partial charge in [0.1, 0.15) is 0 Å². The Morgan fingerprint density at radius 3 is 2.40 bits per heavy atom. The van der Waals surface area contributed by atoms with Gasteiger partial charge in [0.2, 0.25) is 0 Å². The molecule has 1 aliphatic heterocycles. The van der Waals surface area contributed by atoms with E-state index in [4.69, 9.17) is 0 Å². The van der Waals surface area contributed by atoms with Crippen LogP contribution in [0.5, 0.6) is 0 Å². The maximum absolute atomic E-state index is 12.5. The highest BCUT2D eigenvalue weighted by molar-refractivity contribution is 7.07. The molecule has 2 heterocycles. The molecule has 0 aliphatic carbocycles. The molecular formula is C16H17F3N4OS. The van der Waals surface area contributed by atoms with Crippen LogP contribution in [0, 0.1) is 0 Å². The number of thiazole rings is 1. The fourth-order valence-electron chi connectivity index (χ4n) is 2.60. The van der Waals surface area contributed by atoms with Crippen molar-refractivity contribution in [2.45, 2.75) is 12.7 Å². The molecule has 2 aromatic rings. The third kappa shape index (κ3) is 4.70. The first-order valence-corrected chi connectivity index (χ1v) is 8.69. The molecule has 2 amide bonds. The predicted molar refractivity (Wildman–Crippen MR) is 89.4 cm³/mol. The molecule has 1 aromatic heterocycles. The second kappa shape index (κ2) is 7.40. The molecular weight excluding hydrogens is 353 g/mol. The number of hydrogen-bond acceptors (Lipinski definition) is 4. The highest BCUT2D eigenvalue weighted by Crippen LogP contribution is 2.29. The molecule has 0 unspecified atom stereocenters. The van der Waals surface area contributed by atoms with E-state index >= 15 is 0 Å². The van der Waals surface area contributed by atoms with Gasteiger partial charge in [-0.15, -0.1) is 11.3 Å². The smallest absolute Gasteiger partial charge is 0.322 e. The van der Waals surface area contributed by atoms with Crippen LogP contribution < -0.4 is 5.32 Å². The first kappa shape index (κ1) is 17.7. The Kier molecular flexibility index (Phi) is 5.24. The fraction of sp³-hybridized carbons (Fsp3) is 0.375. The minimum atomic E-state index is -4.38. The Hall–Kier alpha value is -2.13. The van der Waals surface area contributed by atoms with Crippen molar-refractivity contribution in [1.29, 1.82) is 0 Å². The lowest BCUT2D eigenvalue weighted by Crippen LogP contribution is -2.49. The van der Waals surface area contributed by atoms with Crippen LogP contribution >= 0.6 is 11.3 Å². The van der Waals surface area contributed by atoms with Crippen molar-refractivity contribution in [3.8, 4) is 0 Å². The number of benzene rings is 1. The number of anilines is 1. The molecule has 5 nitrogen and oxygen atoms in total. The van der Waals surface area contributed by atoms with E-state index in [1.54, 1.807) is 21.7 Å². The summed E-state index contributed by atoms with van der Waals surface area (Å²) in [4.78, 5) is 20.4. The van der Waals surface area contributed by atoms with Gasteiger partial charge >= 0.3 is 12.2 Å². The van der Waals surface area contributed by atoms with E-state index in [-0.39, 0.29) is 6.03 Å². The Balaban J connectivity index is 1.49. The van der Waals surface area contributed by atoms with Crippen LogP contribution in [0.4, 0.5) is 23.7 Å². The number of piperazine rings is 1. The summed E-state index contributed by atoms with van der Waals surface area (Å²) >= 11 is 1.55. The summed E-state index contributed by atoms with van der Waals surface area (Å²) in [5.41, 5.74) is 2.43. The van der Waals surface area contributed by atoms with Crippen molar-refractivity contribution in [2.75, 3.05) is 31.5 Å².